The van der Waals surface area contributed by atoms with Gasteiger partial charge in [0.25, 0.3) is 5.91 Å². The van der Waals surface area contributed by atoms with Crippen molar-refractivity contribution < 1.29 is 34.3 Å². The Morgan fingerprint density at radius 3 is 2.58 bits per heavy atom. The van der Waals surface area contributed by atoms with Crippen LogP contribution in [0.15, 0.2) is 47.0 Å². The average Bonchev–Trinajstić information content (AvgIpc) is 3.20. The molecule has 0 radical (unpaired) electrons. The molecule has 7 atom stereocenters. The zero-order valence-electron chi connectivity index (χ0n) is 18.8. The van der Waals surface area contributed by atoms with Crippen molar-refractivity contribution in [1.29, 1.82) is 0 Å². The Balaban J connectivity index is 1.63. The Kier molecular flexibility index (Phi) is 6.61. The number of aliphatic hydroxyl groups excluding tert-OH is 3. The lowest BCUT2D eigenvalue weighted by Crippen LogP contribution is -2.71. The number of rotatable bonds is 6. The highest BCUT2D eigenvalue weighted by Crippen LogP contribution is 2.52. The highest BCUT2D eigenvalue weighted by Gasteiger charge is 2.71. The summed E-state index contributed by atoms with van der Waals surface area (Å²) in [5.74, 6) is -2.39. The lowest BCUT2D eigenvalue weighted by molar-refractivity contribution is -0.328. The third-order valence-electron chi connectivity index (χ3n) is 6.94. The van der Waals surface area contributed by atoms with Crippen LogP contribution in [0.25, 0.3) is 0 Å². The molecule has 1 aliphatic carbocycles. The van der Waals surface area contributed by atoms with Crippen molar-refractivity contribution in [2.24, 2.45) is 11.8 Å². The topological polar surface area (TPSA) is 117 Å². The molecule has 180 valence electrons. The predicted molar refractivity (Wildman–Crippen MR) is 121 cm³/mol. The molecular weight excluding hydrogens is 450 g/mol. The van der Waals surface area contributed by atoms with Gasteiger partial charge < -0.3 is 34.8 Å². The van der Waals surface area contributed by atoms with E-state index in [4.69, 9.17) is 25.8 Å². The van der Waals surface area contributed by atoms with Gasteiger partial charge in [0.2, 0.25) is 11.4 Å². The number of halogens is 1. The van der Waals surface area contributed by atoms with E-state index in [0.29, 0.717) is 18.1 Å². The Hall–Kier alpha value is -1.94. The van der Waals surface area contributed by atoms with Crippen LogP contribution < -0.4 is 10.1 Å². The lowest BCUT2D eigenvalue weighted by Gasteiger charge is -2.49. The smallest absolute Gasteiger partial charge is 0.257 e. The monoisotopic (exact) mass is 479 g/mol. The molecule has 1 amide bonds. The van der Waals surface area contributed by atoms with E-state index in [1.165, 1.54) is 7.05 Å². The summed E-state index contributed by atoms with van der Waals surface area (Å²) >= 11 is 6.57. The molecule has 0 saturated carbocycles. The molecule has 8 nitrogen and oxygen atoms in total. The zero-order valence-corrected chi connectivity index (χ0v) is 19.6. The third kappa shape index (κ3) is 3.79. The van der Waals surface area contributed by atoms with Crippen LogP contribution in [0, 0.1) is 11.8 Å². The average molecular weight is 480 g/mol. The fourth-order valence-electron chi connectivity index (χ4n) is 5.08. The second-order valence-corrected chi connectivity index (χ2v) is 9.17. The summed E-state index contributed by atoms with van der Waals surface area (Å²) in [6, 6.07) is 7.73. The molecule has 2 saturated heterocycles. The molecule has 2 aliphatic heterocycles. The van der Waals surface area contributed by atoms with E-state index in [9.17, 15) is 20.1 Å². The molecule has 1 aromatic rings. The summed E-state index contributed by atoms with van der Waals surface area (Å²) in [6.45, 7) is 4.15. The van der Waals surface area contributed by atoms with Gasteiger partial charge in [-0.1, -0.05) is 36.7 Å². The van der Waals surface area contributed by atoms with Crippen LogP contribution in [0.2, 0.25) is 0 Å². The maximum Gasteiger partial charge on any atom is 0.257 e. The molecule has 0 spiro atoms. The van der Waals surface area contributed by atoms with E-state index in [-0.39, 0.29) is 12.5 Å². The van der Waals surface area contributed by atoms with Crippen LogP contribution in [0.3, 0.4) is 0 Å². The minimum Gasteiger partial charge on any atom is -0.494 e. The molecule has 4 rings (SSSR count). The number of benzene rings is 1. The van der Waals surface area contributed by atoms with Crippen LogP contribution in [0.1, 0.15) is 19.4 Å². The molecule has 4 N–H and O–H groups in total. The van der Waals surface area contributed by atoms with Crippen LogP contribution >= 0.6 is 11.6 Å². The Morgan fingerprint density at radius 1 is 1.24 bits per heavy atom. The number of carbonyl (C=O) groups excluding carboxylic acids is 1. The summed E-state index contributed by atoms with van der Waals surface area (Å²) in [5.41, 5.74) is 0.110. The SMILES string of the molecule is CCOc1ccc(CC2=C(Cl)C=CC([C@]34OC[C@](C(=O)NC)(O3)[C@@H](O)[C@H](O)[C@H]4O)C2C)cc1. The van der Waals surface area contributed by atoms with Crippen LogP contribution in [-0.4, -0.2) is 71.2 Å². The summed E-state index contributed by atoms with van der Waals surface area (Å²) in [7, 11) is 1.41. The van der Waals surface area contributed by atoms with Crippen molar-refractivity contribution in [2.75, 3.05) is 20.3 Å². The molecule has 2 unspecified atom stereocenters. The molecule has 1 aromatic carbocycles. The largest absolute Gasteiger partial charge is 0.494 e. The first-order valence-corrected chi connectivity index (χ1v) is 11.5. The summed E-state index contributed by atoms with van der Waals surface area (Å²) in [4.78, 5) is 12.6. The van der Waals surface area contributed by atoms with Crippen molar-refractivity contribution >= 4 is 17.5 Å². The number of aliphatic hydroxyl groups is 3. The van der Waals surface area contributed by atoms with Gasteiger partial charge in [0.05, 0.1) is 13.2 Å². The quantitative estimate of drug-likeness (QED) is 0.485. The van der Waals surface area contributed by atoms with Crippen molar-refractivity contribution in [3.63, 3.8) is 0 Å². The van der Waals surface area contributed by atoms with Gasteiger partial charge >= 0.3 is 0 Å². The predicted octanol–water partition coefficient (Wildman–Crippen LogP) is 1.27. The summed E-state index contributed by atoms with van der Waals surface area (Å²) < 4.78 is 17.5. The van der Waals surface area contributed by atoms with Gasteiger partial charge in [-0.3, -0.25) is 4.79 Å². The van der Waals surface area contributed by atoms with Gasteiger partial charge in [0.1, 0.15) is 24.1 Å². The van der Waals surface area contributed by atoms with E-state index < -0.39 is 41.5 Å². The molecule has 2 heterocycles. The van der Waals surface area contributed by atoms with Gasteiger partial charge in [-0.05, 0) is 48.6 Å². The number of allylic oxidation sites excluding steroid dienone is 3. The van der Waals surface area contributed by atoms with Crippen molar-refractivity contribution in [1.82, 2.24) is 5.32 Å². The van der Waals surface area contributed by atoms with Gasteiger partial charge in [0, 0.05) is 18.0 Å². The number of likely N-dealkylation sites (N-methyl/N-ethyl adjacent to an activating group) is 1. The first-order valence-electron chi connectivity index (χ1n) is 11.1. The van der Waals surface area contributed by atoms with E-state index in [2.05, 4.69) is 5.32 Å². The van der Waals surface area contributed by atoms with Gasteiger partial charge in [-0.15, -0.1) is 0 Å². The maximum absolute atomic E-state index is 12.6. The Bertz CT molecular complexity index is 964. The fraction of sp³-hybridized carbons (Fsp3) is 0.542. The highest BCUT2D eigenvalue weighted by atomic mass is 35.5. The molecule has 2 fully saturated rings. The van der Waals surface area contributed by atoms with E-state index >= 15 is 0 Å². The fourth-order valence-corrected chi connectivity index (χ4v) is 5.39. The molecule has 33 heavy (non-hydrogen) atoms. The first-order chi connectivity index (χ1) is 15.7. The Labute approximate surface area is 197 Å². The standard InChI is InChI=1S/C24H30ClNO7/c1-4-31-15-7-5-14(6-8-15)11-16-13(2)17(9-10-18(16)25)24-21(29)19(27)20(28)23(33-24,12-32-24)22(30)26-3/h5-10,13,17,19-21,27-29H,4,11-12H2,1-3H3,(H,26,30)/t13?,17?,19-,20-,21+,23-,24-/m0/s1. The number of fused-ring (bicyclic) bond motifs is 2. The van der Waals surface area contributed by atoms with Crippen LogP contribution in [0.5, 0.6) is 5.75 Å². The first kappa shape index (κ1) is 24.2. The highest BCUT2D eigenvalue weighted by molar-refractivity contribution is 6.31. The molecule has 9 heteroatoms. The lowest BCUT2D eigenvalue weighted by atomic mass is 9.72. The summed E-state index contributed by atoms with van der Waals surface area (Å²) in [6.07, 6.45) is -0.813. The van der Waals surface area contributed by atoms with Gasteiger partial charge in [0.15, 0.2) is 0 Å². The minimum absolute atomic E-state index is 0.258. The van der Waals surface area contributed by atoms with E-state index in [1.54, 1.807) is 12.2 Å². The maximum atomic E-state index is 12.6. The van der Waals surface area contributed by atoms with Crippen LogP contribution in [-0.2, 0) is 20.7 Å². The number of nitrogens with one attached hydrogen (secondary N) is 1. The normalized spacial score (nSPS) is 37.8. The van der Waals surface area contributed by atoms with Gasteiger partial charge in [-0.25, -0.2) is 0 Å². The molecular formula is C24H30ClNO7. The zero-order chi connectivity index (χ0) is 24.0. The minimum atomic E-state index is -1.82. The van der Waals surface area contributed by atoms with E-state index in [0.717, 1.165) is 16.9 Å². The third-order valence-corrected chi connectivity index (χ3v) is 7.31. The van der Waals surface area contributed by atoms with Crippen molar-refractivity contribution in [2.45, 2.75) is 50.0 Å². The molecule has 3 aliphatic rings. The summed E-state index contributed by atoms with van der Waals surface area (Å²) in [5, 5.41) is 35.2. The van der Waals surface area contributed by atoms with Crippen LogP contribution in [0.4, 0.5) is 0 Å². The van der Waals surface area contributed by atoms with Gasteiger partial charge in [-0.2, -0.15) is 0 Å². The number of hydrogen-bond donors (Lipinski definition) is 4. The second-order valence-electron chi connectivity index (χ2n) is 8.76. The van der Waals surface area contributed by atoms with Crippen molar-refractivity contribution in [3.8, 4) is 5.75 Å². The Morgan fingerprint density at radius 2 is 1.94 bits per heavy atom. The van der Waals surface area contributed by atoms with E-state index in [1.807, 2.05) is 38.1 Å². The number of ether oxygens (including phenoxy) is 3. The molecule has 2 bridgehead atoms. The molecule has 0 aromatic heterocycles. The number of amides is 1. The number of carbonyl (C=O) groups is 1. The number of hydrogen-bond acceptors (Lipinski definition) is 7. The second kappa shape index (κ2) is 9.02. The van der Waals surface area contributed by atoms with Crippen molar-refractivity contribution in [3.05, 3.63) is 52.6 Å².